The number of hydrogen-bond acceptors (Lipinski definition) is 5. The maximum atomic E-state index is 12.8. The van der Waals surface area contributed by atoms with Crippen LogP contribution in [0.15, 0.2) is 29.2 Å². The Balaban J connectivity index is 2.96. The van der Waals surface area contributed by atoms with Crippen LogP contribution in [0.3, 0.4) is 0 Å². The number of methoxy groups -OCH3 is 1. The lowest BCUT2D eigenvalue weighted by atomic mass is 10.2. The van der Waals surface area contributed by atoms with Gasteiger partial charge in [-0.1, -0.05) is 6.07 Å². The molecule has 9 heteroatoms. The van der Waals surface area contributed by atoms with Gasteiger partial charge in [0, 0.05) is 0 Å². The number of hydrogen-bond donors (Lipinski definition) is 2. The Labute approximate surface area is 114 Å². The third-order valence-corrected chi connectivity index (χ3v) is 3.72. The molecule has 1 aromatic carbocycles. The second kappa shape index (κ2) is 6.25. The van der Waals surface area contributed by atoms with E-state index in [1.807, 2.05) is 0 Å². The van der Waals surface area contributed by atoms with E-state index >= 15 is 0 Å². The molecule has 0 bridgehead atoms. The molecule has 1 aromatic rings. The molecule has 0 atom stereocenters. The first-order chi connectivity index (χ1) is 9.22. The number of rotatable bonds is 6. The average Bonchev–Trinajstić information content (AvgIpc) is 2.45. The molecule has 6 nitrogen and oxygen atoms in total. The number of ether oxygens (including phenoxy) is 1. The summed E-state index contributed by atoms with van der Waals surface area (Å²) in [7, 11) is -3.09. The van der Waals surface area contributed by atoms with Gasteiger partial charge < -0.3 is 9.84 Å². The van der Waals surface area contributed by atoms with Crippen molar-refractivity contribution < 1.29 is 31.8 Å². The summed E-state index contributed by atoms with van der Waals surface area (Å²) >= 11 is 0. The molecular formula is C11H13F2NO5S. The summed E-state index contributed by atoms with van der Waals surface area (Å²) < 4.78 is 55.3. The molecular weight excluding hydrogens is 296 g/mol. The van der Waals surface area contributed by atoms with Crippen LogP contribution in [0.4, 0.5) is 8.78 Å². The third-order valence-electron chi connectivity index (χ3n) is 2.32. The zero-order valence-electron chi connectivity index (χ0n) is 10.5. The Morgan fingerprint density at radius 2 is 2.10 bits per heavy atom. The quantitative estimate of drug-likeness (QED) is 0.741. The summed E-state index contributed by atoms with van der Waals surface area (Å²) in [6.45, 7) is -2.72. The normalized spacial score (nSPS) is 12.2. The lowest BCUT2D eigenvalue weighted by molar-refractivity contribution is -0.0437. The van der Waals surface area contributed by atoms with Crippen molar-refractivity contribution in [2.45, 2.75) is 10.8 Å². The summed E-state index contributed by atoms with van der Waals surface area (Å²) in [6.07, 6.45) is 0. The molecule has 2 N–H and O–H groups in total. The van der Waals surface area contributed by atoms with Gasteiger partial charge in [0.15, 0.2) is 0 Å². The van der Waals surface area contributed by atoms with Gasteiger partial charge in [-0.25, -0.2) is 26.7 Å². The van der Waals surface area contributed by atoms with Gasteiger partial charge in [0.25, 0.3) is 5.92 Å². The zero-order chi connectivity index (χ0) is 15.4. The topological polar surface area (TPSA) is 92.7 Å². The molecule has 0 radical (unpaired) electrons. The van der Waals surface area contributed by atoms with Crippen LogP contribution in [0.25, 0.3) is 0 Å². The van der Waals surface area contributed by atoms with Gasteiger partial charge in [-0.15, -0.1) is 0 Å². The van der Waals surface area contributed by atoms with Gasteiger partial charge in [0.05, 0.1) is 24.1 Å². The lowest BCUT2D eigenvalue weighted by Gasteiger charge is -2.14. The second-order valence-electron chi connectivity index (χ2n) is 3.86. The van der Waals surface area contributed by atoms with E-state index < -0.39 is 35.1 Å². The highest BCUT2D eigenvalue weighted by atomic mass is 32.2. The van der Waals surface area contributed by atoms with Crippen molar-refractivity contribution in [3.63, 3.8) is 0 Å². The molecule has 0 aliphatic rings. The van der Waals surface area contributed by atoms with Crippen LogP contribution in [-0.2, 0) is 14.8 Å². The van der Waals surface area contributed by atoms with Crippen LogP contribution in [0.5, 0.6) is 0 Å². The molecule has 0 aromatic heterocycles. The number of alkyl halides is 2. The summed E-state index contributed by atoms with van der Waals surface area (Å²) in [4.78, 5) is 10.9. The van der Waals surface area contributed by atoms with E-state index in [1.165, 1.54) is 12.1 Å². The summed E-state index contributed by atoms with van der Waals surface area (Å²) in [5.74, 6) is -4.31. The van der Waals surface area contributed by atoms with Crippen molar-refractivity contribution in [2.24, 2.45) is 0 Å². The van der Waals surface area contributed by atoms with Gasteiger partial charge in [0.2, 0.25) is 10.0 Å². The van der Waals surface area contributed by atoms with E-state index in [0.29, 0.717) is 0 Å². The molecule has 0 aliphatic heterocycles. The highest BCUT2D eigenvalue weighted by Crippen LogP contribution is 2.15. The molecule has 0 heterocycles. The van der Waals surface area contributed by atoms with Crippen LogP contribution in [0, 0.1) is 0 Å². The predicted octanol–water partition coefficient (Wildman–Crippen LogP) is 0.379. The van der Waals surface area contributed by atoms with E-state index in [1.54, 1.807) is 4.72 Å². The fraction of sp³-hybridized carbons (Fsp3) is 0.364. The number of aliphatic hydroxyl groups is 1. The molecule has 0 spiro atoms. The largest absolute Gasteiger partial charge is 0.465 e. The molecule has 0 aliphatic carbocycles. The average molecular weight is 309 g/mol. The summed E-state index contributed by atoms with van der Waals surface area (Å²) in [5.41, 5.74) is -0.0238. The van der Waals surface area contributed by atoms with Crippen molar-refractivity contribution in [1.29, 1.82) is 0 Å². The van der Waals surface area contributed by atoms with Crippen molar-refractivity contribution in [2.75, 3.05) is 20.3 Å². The summed E-state index contributed by atoms with van der Waals surface area (Å²) in [5, 5.41) is 8.36. The van der Waals surface area contributed by atoms with Crippen LogP contribution < -0.4 is 4.72 Å². The third kappa shape index (κ3) is 4.22. The monoisotopic (exact) mass is 309 g/mol. The van der Waals surface area contributed by atoms with E-state index in [4.69, 9.17) is 5.11 Å². The van der Waals surface area contributed by atoms with Gasteiger partial charge >= 0.3 is 5.97 Å². The second-order valence-corrected chi connectivity index (χ2v) is 5.62. The Bertz CT molecular complexity index is 588. The number of esters is 1. The Morgan fingerprint density at radius 1 is 1.45 bits per heavy atom. The van der Waals surface area contributed by atoms with Crippen molar-refractivity contribution >= 4 is 16.0 Å². The van der Waals surface area contributed by atoms with E-state index in [9.17, 15) is 22.0 Å². The Kier molecular flexibility index (Phi) is 5.15. The minimum absolute atomic E-state index is 0.0238. The SMILES string of the molecule is COC(=O)c1cccc(S(=O)(=O)NCC(F)(F)CO)c1. The van der Waals surface area contributed by atoms with Crippen LogP contribution in [-0.4, -0.2) is 45.7 Å². The highest BCUT2D eigenvalue weighted by Gasteiger charge is 2.30. The van der Waals surface area contributed by atoms with Crippen molar-refractivity contribution in [1.82, 2.24) is 4.72 Å². The fourth-order valence-electron chi connectivity index (χ4n) is 1.25. The molecule has 0 fully saturated rings. The zero-order valence-corrected chi connectivity index (χ0v) is 11.3. The van der Waals surface area contributed by atoms with E-state index in [2.05, 4.69) is 4.74 Å². The number of nitrogens with one attached hydrogen (secondary N) is 1. The Hall–Kier alpha value is -1.58. The number of aliphatic hydroxyl groups excluding tert-OH is 1. The fourth-order valence-corrected chi connectivity index (χ4v) is 2.36. The van der Waals surface area contributed by atoms with Gasteiger partial charge in [-0.2, -0.15) is 0 Å². The first-order valence-electron chi connectivity index (χ1n) is 5.38. The van der Waals surface area contributed by atoms with E-state index in [0.717, 1.165) is 19.2 Å². The van der Waals surface area contributed by atoms with Gasteiger partial charge in [0.1, 0.15) is 6.61 Å². The van der Waals surface area contributed by atoms with Crippen LogP contribution >= 0.6 is 0 Å². The van der Waals surface area contributed by atoms with Crippen molar-refractivity contribution in [3.05, 3.63) is 29.8 Å². The standard InChI is InChI=1S/C11H13F2NO5S/c1-19-10(16)8-3-2-4-9(5-8)20(17,18)14-6-11(12,13)7-15/h2-5,14-15H,6-7H2,1H3. The maximum absolute atomic E-state index is 12.8. The lowest BCUT2D eigenvalue weighted by Crippen LogP contribution is -2.38. The predicted molar refractivity (Wildman–Crippen MR) is 65.0 cm³/mol. The van der Waals surface area contributed by atoms with Crippen LogP contribution in [0.2, 0.25) is 0 Å². The van der Waals surface area contributed by atoms with E-state index in [-0.39, 0.29) is 10.5 Å². The molecule has 1 rings (SSSR count). The number of sulfonamides is 1. The number of halogens is 2. The van der Waals surface area contributed by atoms with Gasteiger partial charge in [-0.3, -0.25) is 0 Å². The molecule has 0 unspecified atom stereocenters. The summed E-state index contributed by atoms with van der Waals surface area (Å²) in [6, 6.07) is 4.76. The minimum Gasteiger partial charge on any atom is -0.465 e. The van der Waals surface area contributed by atoms with Gasteiger partial charge in [-0.05, 0) is 18.2 Å². The van der Waals surface area contributed by atoms with Crippen LogP contribution in [0.1, 0.15) is 10.4 Å². The number of carbonyl (C=O) groups is 1. The maximum Gasteiger partial charge on any atom is 0.337 e. The molecule has 0 amide bonds. The molecule has 112 valence electrons. The number of carbonyl (C=O) groups excluding carboxylic acids is 1. The Morgan fingerprint density at radius 3 is 2.65 bits per heavy atom. The minimum atomic E-state index is -4.22. The first-order valence-corrected chi connectivity index (χ1v) is 6.87. The molecule has 0 saturated heterocycles. The number of benzene rings is 1. The smallest absolute Gasteiger partial charge is 0.337 e. The molecule has 20 heavy (non-hydrogen) atoms. The first kappa shape index (κ1) is 16.5. The van der Waals surface area contributed by atoms with Crippen molar-refractivity contribution in [3.8, 4) is 0 Å². The molecule has 0 saturated carbocycles. The highest BCUT2D eigenvalue weighted by molar-refractivity contribution is 7.89.